The minimum Gasteiger partial charge on any atom is -0.383 e. The molecule has 0 unspecified atom stereocenters. The van der Waals surface area contributed by atoms with Gasteiger partial charge in [0.15, 0.2) is 5.82 Å². The molecule has 1 amide bonds. The van der Waals surface area contributed by atoms with Crippen molar-refractivity contribution in [2.24, 2.45) is 5.92 Å². The van der Waals surface area contributed by atoms with Gasteiger partial charge >= 0.3 is 0 Å². The van der Waals surface area contributed by atoms with E-state index in [-0.39, 0.29) is 17.9 Å². The number of carbonyl (C=O) groups is 1. The van der Waals surface area contributed by atoms with E-state index >= 15 is 0 Å². The van der Waals surface area contributed by atoms with Gasteiger partial charge in [-0.3, -0.25) is 9.48 Å². The predicted molar refractivity (Wildman–Crippen MR) is 107 cm³/mol. The van der Waals surface area contributed by atoms with Gasteiger partial charge in [-0.05, 0) is 31.0 Å². The van der Waals surface area contributed by atoms with Crippen molar-refractivity contribution in [3.8, 4) is 11.5 Å². The van der Waals surface area contributed by atoms with E-state index in [0.29, 0.717) is 44.4 Å². The van der Waals surface area contributed by atoms with Gasteiger partial charge in [-0.2, -0.15) is 10.1 Å². The Balaban J connectivity index is 1.34. The molecule has 30 heavy (non-hydrogen) atoms. The van der Waals surface area contributed by atoms with E-state index < -0.39 is 0 Å². The van der Waals surface area contributed by atoms with E-state index in [9.17, 15) is 4.79 Å². The first kappa shape index (κ1) is 20.2. The quantitative estimate of drug-likeness (QED) is 0.606. The molecule has 0 radical (unpaired) electrons. The summed E-state index contributed by atoms with van der Waals surface area (Å²) in [7, 11) is 1.66. The summed E-state index contributed by atoms with van der Waals surface area (Å²) < 4.78 is 17.9. The highest BCUT2D eigenvalue weighted by Gasteiger charge is 2.35. The van der Waals surface area contributed by atoms with Crippen LogP contribution in [0.2, 0.25) is 0 Å². The van der Waals surface area contributed by atoms with Crippen LogP contribution in [0.15, 0.2) is 41.2 Å². The summed E-state index contributed by atoms with van der Waals surface area (Å²) >= 11 is 0. The Morgan fingerprint density at radius 2 is 2.17 bits per heavy atom. The summed E-state index contributed by atoms with van der Waals surface area (Å²) in [6.45, 7) is 4.03. The van der Waals surface area contributed by atoms with Crippen molar-refractivity contribution in [3.63, 3.8) is 0 Å². The van der Waals surface area contributed by atoms with E-state index in [0.717, 1.165) is 16.7 Å². The molecule has 158 valence electrons. The Hall–Kier alpha value is -3.04. The van der Waals surface area contributed by atoms with Gasteiger partial charge in [-0.25, -0.2) is 0 Å². The first-order chi connectivity index (χ1) is 14.6. The van der Waals surface area contributed by atoms with Crippen molar-refractivity contribution in [1.82, 2.24) is 25.2 Å². The number of aromatic nitrogens is 4. The Bertz CT molecular complexity index is 981. The summed E-state index contributed by atoms with van der Waals surface area (Å²) in [5, 5.41) is 11.2. The monoisotopic (exact) mass is 411 g/mol. The molecular weight excluding hydrogens is 386 g/mol. The molecule has 1 saturated heterocycles. The average molecular weight is 411 g/mol. The zero-order chi connectivity index (χ0) is 20.9. The van der Waals surface area contributed by atoms with Gasteiger partial charge in [-0.1, -0.05) is 17.3 Å². The van der Waals surface area contributed by atoms with Crippen LogP contribution in [0.4, 0.5) is 0 Å². The van der Waals surface area contributed by atoms with Crippen LogP contribution in [0.25, 0.3) is 11.5 Å². The van der Waals surface area contributed by atoms with E-state index in [1.165, 1.54) is 0 Å². The van der Waals surface area contributed by atoms with E-state index in [4.69, 9.17) is 14.0 Å². The topological polar surface area (TPSA) is 104 Å². The maximum atomic E-state index is 12.8. The fourth-order valence-corrected chi connectivity index (χ4v) is 3.52. The molecule has 9 nitrogen and oxygen atoms in total. The summed E-state index contributed by atoms with van der Waals surface area (Å²) in [5.74, 6) is 0.837. The second kappa shape index (κ2) is 9.19. The van der Waals surface area contributed by atoms with Crippen molar-refractivity contribution >= 4 is 5.91 Å². The minimum absolute atomic E-state index is 0.0151. The maximum Gasteiger partial charge on any atom is 0.257 e. The molecule has 2 aromatic heterocycles. The lowest BCUT2D eigenvalue weighted by Gasteiger charge is -2.17. The number of hydrogen-bond donors (Lipinski definition) is 1. The summed E-state index contributed by atoms with van der Waals surface area (Å²) in [5.41, 5.74) is 2.76. The van der Waals surface area contributed by atoms with Gasteiger partial charge in [0.2, 0.25) is 5.91 Å². The van der Waals surface area contributed by atoms with E-state index in [2.05, 4.69) is 20.6 Å². The van der Waals surface area contributed by atoms with Gasteiger partial charge in [0.05, 0.1) is 31.4 Å². The Labute approximate surface area is 174 Å². The molecule has 9 heteroatoms. The second-order valence-electron chi connectivity index (χ2n) is 7.28. The molecule has 3 heterocycles. The number of carbonyl (C=O) groups excluding carboxylic acids is 1. The van der Waals surface area contributed by atoms with Crippen LogP contribution in [0.3, 0.4) is 0 Å². The zero-order valence-corrected chi connectivity index (χ0v) is 17.1. The summed E-state index contributed by atoms with van der Waals surface area (Å²) in [6.07, 6.45) is 4.11. The van der Waals surface area contributed by atoms with Crippen LogP contribution in [0.5, 0.6) is 0 Å². The highest BCUT2D eigenvalue weighted by Crippen LogP contribution is 2.34. The molecule has 0 saturated carbocycles. The minimum atomic E-state index is -0.274. The van der Waals surface area contributed by atoms with Gasteiger partial charge in [0, 0.05) is 37.6 Å². The molecule has 3 aromatic rings. The zero-order valence-electron chi connectivity index (χ0n) is 17.1. The number of benzene rings is 1. The average Bonchev–Trinajstić information content (AvgIpc) is 3.51. The first-order valence-electron chi connectivity index (χ1n) is 9.94. The van der Waals surface area contributed by atoms with Crippen molar-refractivity contribution in [1.29, 1.82) is 0 Å². The number of methoxy groups -OCH3 is 1. The lowest BCUT2D eigenvalue weighted by Crippen LogP contribution is -2.31. The number of rotatable bonds is 8. The van der Waals surface area contributed by atoms with Crippen LogP contribution in [-0.4, -0.2) is 46.2 Å². The van der Waals surface area contributed by atoms with Crippen LogP contribution in [0, 0.1) is 12.8 Å². The second-order valence-corrected chi connectivity index (χ2v) is 7.28. The fourth-order valence-electron chi connectivity index (χ4n) is 3.52. The number of amides is 1. The van der Waals surface area contributed by atoms with Crippen molar-refractivity contribution < 1.29 is 18.8 Å². The third-order valence-corrected chi connectivity index (χ3v) is 5.13. The summed E-state index contributed by atoms with van der Waals surface area (Å²) in [6, 6.07) is 7.70. The van der Waals surface area contributed by atoms with E-state index in [1.807, 2.05) is 35.1 Å². The van der Waals surface area contributed by atoms with Gasteiger partial charge in [0.25, 0.3) is 5.89 Å². The fraction of sp³-hybridized carbons (Fsp3) is 0.429. The predicted octanol–water partition coefficient (Wildman–Crippen LogP) is 2.28. The highest BCUT2D eigenvalue weighted by atomic mass is 16.5. The molecule has 1 N–H and O–H groups in total. The smallest absolute Gasteiger partial charge is 0.257 e. The molecule has 0 bridgehead atoms. The molecule has 4 rings (SSSR count). The van der Waals surface area contributed by atoms with Gasteiger partial charge in [0.1, 0.15) is 0 Å². The van der Waals surface area contributed by atoms with Gasteiger partial charge in [-0.15, -0.1) is 0 Å². The number of nitrogens with zero attached hydrogens (tertiary/aromatic N) is 4. The third kappa shape index (κ3) is 4.58. The Morgan fingerprint density at radius 1 is 1.33 bits per heavy atom. The normalized spacial score (nSPS) is 18.6. The number of ether oxygens (including phenoxy) is 2. The SMILES string of the molecule is COCCn1cc([C@H]2OCC[C@@H]2C(=O)NCc2ccc(-c3nc(C)no3)cc2)cn1. The van der Waals surface area contributed by atoms with Crippen molar-refractivity contribution in [3.05, 3.63) is 53.6 Å². The van der Waals surface area contributed by atoms with Crippen LogP contribution in [-0.2, 0) is 27.4 Å². The number of aryl methyl sites for hydroxylation is 1. The van der Waals surface area contributed by atoms with Gasteiger partial charge < -0.3 is 19.3 Å². The largest absolute Gasteiger partial charge is 0.383 e. The first-order valence-corrected chi connectivity index (χ1v) is 9.94. The molecule has 1 aromatic carbocycles. The number of hydrogen-bond acceptors (Lipinski definition) is 7. The van der Waals surface area contributed by atoms with Crippen molar-refractivity contribution in [2.45, 2.75) is 32.5 Å². The third-order valence-electron chi connectivity index (χ3n) is 5.13. The molecule has 1 aliphatic heterocycles. The number of nitrogens with one attached hydrogen (secondary N) is 1. The Morgan fingerprint density at radius 3 is 2.90 bits per heavy atom. The molecule has 1 aliphatic rings. The standard InChI is InChI=1S/C21H25N5O4/c1-14-24-21(30-25-14)16-5-3-15(4-6-16)11-22-20(27)18-7-9-29-19(18)17-12-23-26(13-17)8-10-28-2/h3-6,12-13,18-19H,7-11H2,1-2H3,(H,22,27)/t18-,19+/m0/s1. The highest BCUT2D eigenvalue weighted by molar-refractivity contribution is 5.79. The van der Waals surface area contributed by atoms with Crippen LogP contribution in [0.1, 0.15) is 29.5 Å². The molecular formula is C21H25N5O4. The van der Waals surface area contributed by atoms with Crippen molar-refractivity contribution in [2.75, 3.05) is 20.3 Å². The molecule has 2 atom stereocenters. The van der Waals surface area contributed by atoms with E-state index in [1.54, 1.807) is 20.2 Å². The van der Waals surface area contributed by atoms with Crippen LogP contribution >= 0.6 is 0 Å². The molecule has 1 fully saturated rings. The lowest BCUT2D eigenvalue weighted by atomic mass is 9.96. The maximum absolute atomic E-state index is 12.8. The Kier molecular flexibility index (Phi) is 6.20. The summed E-state index contributed by atoms with van der Waals surface area (Å²) in [4.78, 5) is 17.0. The lowest BCUT2D eigenvalue weighted by molar-refractivity contribution is -0.126. The molecule has 0 spiro atoms. The van der Waals surface area contributed by atoms with Crippen LogP contribution < -0.4 is 5.32 Å². The molecule has 0 aliphatic carbocycles.